The number of carbonyl (C=O) groups is 2. The van der Waals surface area contributed by atoms with Crippen molar-refractivity contribution in [1.82, 2.24) is 16.0 Å². The van der Waals surface area contributed by atoms with Crippen LogP contribution in [0.2, 0.25) is 0 Å². The third-order valence-electron chi connectivity index (χ3n) is 5.79. The van der Waals surface area contributed by atoms with Gasteiger partial charge in [0.2, 0.25) is 11.8 Å². The topological polar surface area (TPSA) is 82.3 Å². The molecule has 1 heterocycles. The lowest BCUT2D eigenvalue weighted by Gasteiger charge is -2.27. The lowest BCUT2D eigenvalue weighted by Crippen LogP contribution is -2.48. The molecule has 6 heteroatoms. The van der Waals surface area contributed by atoms with E-state index in [1.54, 1.807) is 0 Å². The fourth-order valence-corrected chi connectivity index (χ4v) is 4.27. The summed E-state index contributed by atoms with van der Waals surface area (Å²) >= 11 is 0. The summed E-state index contributed by atoms with van der Waals surface area (Å²) in [6.45, 7) is 15.6. The van der Waals surface area contributed by atoms with Crippen LogP contribution in [0, 0.1) is 19.8 Å². The number of carbonyl (C=O) groups excluding carboxylic acids is 2. The van der Waals surface area contributed by atoms with E-state index in [0.717, 1.165) is 29.7 Å². The highest BCUT2D eigenvalue weighted by Crippen LogP contribution is 2.35. The van der Waals surface area contributed by atoms with Gasteiger partial charge in [0.25, 0.3) is 0 Å². The number of hydrogen-bond acceptors (Lipinski definition) is 4. The molecule has 1 aromatic carbocycles. The number of rotatable bonds is 8. The average molecular weight is 403 g/mol. The van der Waals surface area contributed by atoms with Gasteiger partial charge in [-0.05, 0) is 79.0 Å². The quantitative estimate of drug-likeness (QED) is 0.504. The molecule has 0 spiro atoms. The van der Waals surface area contributed by atoms with Gasteiger partial charge in [-0.3, -0.25) is 9.59 Å². The maximum Gasteiger partial charge on any atom is 0.241 e. The van der Waals surface area contributed by atoms with Crippen LogP contribution in [0.15, 0.2) is 18.2 Å². The molecular formula is C23H38N4O2. The second-order valence-electron chi connectivity index (χ2n) is 9.56. The maximum absolute atomic E-state index is 12.6. The normalized spacial score (nSPS) is 20.9. The molecule has 0 radical (unpaired) electrons. The molecule has 2 atom stereocenters. The van der Waals surface area contributed by atoms with Crippen molar-refractivity contribution in [2.45, 2.75) is 78.4 Å². The zero-order valence-corrected chi connectivity index (χ0v) is 19.0. The first-order chi connectivity index (χ1) is 13.4. The van der Waals surface area contributed by atoms with Crippen LogP contribution >= 0.6 is 0 Å². The van der Waals surface area contributed by atoms with E-state index < -0.39 is 0 Å². The molecule has 6 nitrogen and oxygen atoms in total. The zero-order chi connectivity index (χ0) is 21.8. The average Bonchev–Trinajstić information content (AvgIpc) is 2.84. The number of nitrogens with one attached hydrogen (secondary N) is 4. The van der Waals surface area contributed by atoms with Crippen molar-refractivity contribution in [2.75, 3.05) is 18.4 Å². The van der Waals surface area contributed by atoms with Gasteiger partial charge in [-0.25, -0.2) is 0 Å². The molecule has 1 fully saturated rings. The van der Waals surface area contributed by atoms with Gasteiger partial charge in [-0.2, -0.15) is 0 Å². The van der Waals surface area contributed by atoms with Crippen LogP contribution in [0.5, 0.6) is 0 Å². The van der Waals surface area contributed by atoms with Crippen molar-refractivity contribution in [2.24, 2.45) is 5.92 Å². The molecule has 2 rings (SSSR count). The minimum Gasteiger partial charge on any atom is -0.356 e. The van der Waals surface area contributed by atoms with Crippen LogP contribution in [0.25, 0.3) is 0 Å². The Bertz CT molecular complexity index is 722. The molecule has 0 bridgehead atoms. The molecule has 29 heavy (non-hydrogen) atoms. The molecule has 1 aliphatic rings. The number of aryl methyl sites for hydroxylation is 2. The monoisotopic (exact) mass is 402 g/mol. The minimum atomic E-state index is -0.302. The zero-order valence-electron chi connectivity index (χ0n) is 19.0. The number of hydrogen-bond donors (Lipinski definition) is 4. The number of amides is 2. The van der Waals surface area contributed by atoms with Crippen LogP contribution in [0.4, 0.5) is 5.69 Å². The molecule has 2 amide bonds. The molecule has 1 saturated heterocycles. The summed E-state index contributed by atoms with van der Waals surface area (Å²) in [6, 6.07) is 5.67. The maximum atomic E-state index is 12.6. The van der Waals surface area contributed by atoms with Gasteiger partial charge >= 0.3 is 0 Å². The fourth-order valence-electron chi connectivity index (χ4n) is 4.27. The molecular weight excluding hydrogens is 364 g/mol. The van der Waals surface area contributed by atoms with E-state index in [-0.39, 0.29) is 34.9 Å². The summed E-state index contributed by atoms with van der Waals surface area (Å²) in [4.78, 5) is 25.0. The van der Waals surface area contributed by atoms with E-state index in [9.17, 15) is 9.59 Å². The third-order valence-corrected chi connectivity index (χ3v) is 5.79. The Morgan fingerprint density at radius 2 is 1.76 bits per heavy atom. The van der Waals surface area contributed by atoms with Crippen molar-refractivity contribution < 1.29 is 9.59 Å². The van der Waals surface area contributed by atoms with Gasteiger partial charge in [0.05, 0.1) is 12.0 Å². The Morgan fingerprint density at radius 1 is 1.14 bits per heavy atom. The third kappa shape index (κ3) is 6.28. The molecule has 2 unspecified atom stereocenters. The van der Waals surface area contributed by atoms with Crippen LogP contribution < -0.4 is 21.3 Å². The van der Waals surface area contributed by atoms with Crippen LogP contribution in [-0.4, -0.2) is 42.0 Å². The highest BCUT2D eigenvalue weighted by Gasteiger charge is 2.47. The van der Waals surface area contributed by atoms with E-state index in [2.05, 4.69) is 49.0 Å². The van der Waals surface area contributed by atoms with Gasteiger partial charge < -0.3 is 21.3 Å². The Hall–Kier alpha value is -1.92. The van der Waals surface area contributed by atoms with Gasteiger partial charge in [0, 0.05) is 23.3 Å². The largest absolute Gasteiger partial charge is 0.356 e. The summed E-state index contributed by atoms with van der Waals surface area (Å²) in [7, 11) is 0. The number of para-hydroxylation sites is 1. The molecule has 0 saturated carbocycles. The number of anilines is 1. The predicted octanol–water partition coefficient (Wildman–Crippen LogP) is 2.89. The highest BCUT2D eigenvalue weighted by molar-refractivity contribution is 5.95. The lowest BCUT2D eigenvalue weighted by atomic mass is 9.86. The molecule has 1 aromatic rings. The SMILES string of the molecule is Cc1cccc(C)c1NC(=O)C(C)NCCCNC(=O)C1CC(C)(C)NC1(C)C. The van der Waals surface area contributed by atoms with Crippen LogP contribution in [-0.2, 0) is 9.59 Å². The van der Waals surface area contributed by atoms with Crippen molar-refractivity contribution >= 4 is 17.5 Å². The van der Waals surface area contributed by atoms with Gasteiger partial charge in [-0.15, -0.1) is 0 Å². The summed E-state index contributed by atoms with van der Waals surface area (Å²) in [6.07, 6.45) is 1.61. The second kappa shape index (κ2) is 9.26. The van der Waals surface area contributed by atoms with Gasteiger partial charge in [-0.1, -0.05) is 18.2 Å². The van der Waals surface area contributed by atoms with Gasteiger partial charge in [0.15, 0.2) is 0 Å². The Kier molecular flexibility index (Phi) is 7.46. The summed E-state index contributed by atoms with van der Waals surface area (Å²) in [5.74, 6) is 0.0221. The van der Waals surface area contributed by atoms with Crippen molar-refractivity contribution in [1.29, 1.82) is 0 Å². The van der Waals surface area contributed by atoms with E-state index >= 15 is 0 Å². The van der Waals surface area contributed by atoms with Crippen LogP contribution in [0.3, 0.4) is 0 Å². The Balaban J connectivity index is 1.71. The molecule has 4 N–H and O–H groups in total. The van der Waals surface area contributed by atoms with Crippen molar-refractivity contribution in [3.05, 3.63) is 29.3 Å². The van der Waals surface area contributed by atoms with E-state index in [0.29, 0.717) is 13.1 Å². The fraction of sp³-hybridized carbons (Fsp3) is 0.652. The smallest absolute Gasteiger partial charge is 0.241 e. The lowest BCUT2D eigenvalue weighted by molar-refractivity contribution is -0.126. The predicted molar refractivity (Wildman–Crippen MR) is 119 cm³/mol. The number of benzene rings is 1. The van der Waals surface area contributed by atoms with Crippen LogP contribution in [0.1, 0.15) is 58.6 Å². The first kappa shape index (κ1) is 23.4. The first-order valence-electron chi connectivity index (χ1n) is 10.6. The summed E-state index contributed by atoms with van der Waals surface area (Å²) in [5, 5.41) is 12.8. The minimum absolute atomic E-state index is 0.0225. The second-order valence-corrected chi connectivity index (χ2v) is 9.56. The highest BCUT2D eigenvalue weighted by atomic mass is 16.2. The van der Waals surface area contributed by atoms with Crippen molar-refractivity contribution in [3.63, 3.8) is 0 Å². The van der Waals surface area contributed by atoms with E-state index in [4.69, 9.17) is 0 Å². The van der Waals surface area contributed by atoms with Crippen molar-refractivity contribution in [3.8, 4) is 0 Å². The standard InChI is InChI=1S/C23H38N4O2/c1-15-10-8-11-16(2)19(15)26-20(28)17(3)24-12-9-13-25-21(29)18-14-22(4,5)27-23(18,6)7/h8,10-11,17-18,24,27H,9,12-14H2,1-7H3,(H,25,29)(H,26,28). The molecule has 0 aliphatic carbocycles. The summed E-state index contributed by atoms with van der Waals surface area (Å²) < 4.78 is 0. The molecule has 0 aromatic heterocycles. The van der Waals surface area contributed by atoms with E-state index in [1.807, 2.05) is 39.0 Å². The summed E-state index contributed by atoms with van der Waals surface area (Å²) in [5.41, 5.74) is 2.77. The first-order valence-corrected chi connectivity index (χ1v) is 10.6. The molecule has 162 valence electrons. The molecule has 1 aliphatic heterocycles. The Morgan fingerprint density at radius 3 is 2.31 bits per heavy atom. The Labute approximate surface area is 175 Å². The van der Waals surface area contributed by atoms with E-state index in [1.165, 1.54) is 0 Å². The van der Waals surface area contributed by atoms with Gasteiger partial charge in [0.1, 0.15) is 0 Å².